The summed E-state index contributed by atoms with van der Waals surface area (Å²) in [6, 6.07) is 21.1. The van der Waals surface area contributed by atoms with E-state index in [0.29, 0.717) is 19.8 Å². The van der Waals surface area contributed by atoms with Gasteiger partial charge in [-0.1, -0.05) is 105 Å². The fourth-order valence-electron chi connectivity index (χ4n) is 4.59. The third-order valence-corrected chi connectivity index (χ3v) is 19.0. The Balaban J connectivity index is 1.82. The normalized spacial score (nSPS) is 14.0. The highest BCUT2D eigenvalue weighted by atomic mass is 28.4. The Morgan fingerprint density at radius 2 is 1.24 bits per heavy atom. The SMILES string of the molecule is Cc1cc(C(O)C(C)(C)C)ccc1-c1cccc(OCc2ccc(CO[Si](C)(C)C(C)(C)C)c(CO[Si](C)(C)C(C)(C)C)c2)c1. The minimum atomic E-state index is -1.93. The van der Waals surface area contributed by atoms with Gasteiger partial charge in [-0.05, 0) is 106 Å². The third kappa shape index (κ3) is 9.65. The maximum atomic E-state index is 10.8. The molecule has 0 amide bonds. The molecule has 3 aromatic rings. The summed E-state index contributed by atoms with van der Waals surface area (Å²) in [5, 5.41) is 11.1. The number of hydrogen-bond acceptors (Lipinski definition) is 4. The molecule has 3 rings (SSSR count). The molecule has 1 atom stereocenters. The minimum absolute atomic E-state index is 0.140. The standard InChI is InChI=1S/C39H60O4Si2/c1-28-22-31(36(40)37(2,3)4)20-21-35(28)30-16-15-17-34(24-30)41-25-29-18-19-32(26-42-44(11,12)38(5,6)7)33(23-29)27-43-45(13,14)39(8,9)10/h15-24,36,40H,25-27H2,1-14H3. The summed E-state index contributed by atoms with van der Waals surface area (Å²) in [5.74, 6) is 0.829. The Bertz CT molecular complexity index is 1440. The first kappa shape index (κ1) is 37.2. The van der Waals surface area contributed by atoms with Crippen LogP contribution in [0.15, 0.2) is 60.7 Å². The van der Waals surface area contributed by atoms with Crippen LogP contribution in [0.3, 0.4) is 0 Å². The summed E-state index contributed by atoms with van der Waals surface area (Å²) in [7, 11) is -3.83. The van der Waals surface area contributed by atoms with E-state index >= 15 is 0 Å². The van der Waals surface area contributed by atoms with Crippen molar-refractivity contribution in [2.45, 2.75) is 131 Å². The number of aliphatic hydroxyl groups excluding tert-OH is 1. The van der Waals surface area contributed by atoms with Crippen molar-refractivity contribution < 1.29 is 18.7 Å². The van der Waals surface area contributed by atoms with E-state index in [2.05, 4.69) is 138 Å². The summed E-state index contributed by atoms with van der Waals surface area (Å²) >= 11 is 0. The smallest absolute Gasteiger partial charge is 0.192 e. The summed E-state index contributed by atoms with van der Waals surface area (Å²) in [6.45, 7) is 32.8. The van der Waals surface area contributed by atoms with Crippen molar-refractivity contribution in [2.24, 2.45) is 5.41 Å². The van der Waals surface area contributed by atoms with E-state index in [9.17, 15) is 5.11 Å². The van der Waals surface area contributed by atoms with Gasteiger partial charge in [0.1, 0.15) is 12.4 Å². The van der Waals surface area contributed by atoms with Crippen molar-refractivity contribution in [1.29, 1.82) is 0 Å². The van der Waals surface area contributed by atoms with Gasteiger partial charge in [-0.2, -0.15) is 0 Å². The zero-order valence-corrected chi connectivity index (χ0v) is 32.6. The van der Waals surface area contributed by atoms with E-state index < -0.39 is 22.7 Å². The van der Waals surface area contributed by atoms with Gasteiger partial charge < -0.3 is 18.7 Å². The van der Waals surface area contributed by atoms with Crippen LogP contribution in [-0.2, 0) is 28.7 Å². The van der Waals surface area contributed by atoms with Crippen molar-refractivity contribution in [2.75, 3.05) is 0 Å². The van der Waals surface area contributed by atoms with Gasteiger partial charge in [0.2, 0.25) is 0 Å². The number of hydrogen-bond donors (Lipinski definition) is 1. The van der Waals surface area contributed by atoms with Crippen LogP contribution in [0.5, 0.6) is 5.75 Å². The van der Waals surface area contributed by atoms with Crippen LogP contribution >= 0.6 is 0 Å². The molecule has 0 aliphatic heterocycles. The molecule has 0 aliphatic rings. The van der Waals surface area contributed by atoms with Crippen molar-refractivity contribution in [3.63, 3.8) is 0 Å². The third-order valence-electron chi connectivity index (χ3n) is 10.00. The second kappa shape index (κ2) is 13.9. The first-order valence-electron chi connectivity index (χ1n) is 16.4. The van der Waals surface area contributed by atoms with E-state index in [1.807, 2.05) is 18.2 Å². The van der Waals surface area contributed by atoms with Crippen LogP contribution in [-0.4, -0.2) is 21.7 Å². The van der Waals surface area contributed by atoms with Gasteiger partial charge in [-0.25, -0.2) is 0 Å². The molecule has 0 spiro atoms. The predicted octanol–water partition coefficient (Wildman–Crippen LogP) is 11.4. The second-order valence-electron chi connectivity index (χ2n) is 16.9. The Morgan fingerprint density at radius 3 is 1.78 bits per heavy atom. The molecule has 4 nitrogen and oxygen atoms in total. The molecule has 0 heterocycles. The molecule has 0 aromatic heterocycles. The van der Waals surface area contributed by atoms with Gasteiger partial charge in [-0.15, -0.1) is 0 Å². The predicted molar refractivity (Wildman–Crippen MR) is 196 cm³/mol. The Hall–Kier alpha value is -2.23. The maximum Gasteiger partial charge on any atom is 0.192 e. The molecule has 0 saturated carbocycles. The zero-order valence-electron chi connectivity index (χ0n) is 30.6. The molecule has 45 heavy (non-hydrogen) atoms. The van der Waals surface area contributed by atoms with E-state index in [4.69, 9.17) is 13.6 Å². The Morgan fingerprint density at radius 1 is 0.667 bits per heavy atom. The molecule has 0 fully saturated rings. The average Bonchev–Trinajstić information content (AvgIpc) is 2.92. The van der Waals surface area contributed by atoms with Crippen LogP contribution in [0.25, 0.3) is 11.1 Å². The van der Waals surface area contributed by atoms with Crippen LogP contribution in [0, 0.1) is 12.3 Å². The molecular formula is C39H60O4Si2. The highest BCUT2D eigenvalue weighted by Crippen LogP contribution is 2.39. The number of aryl methyl sites for hydroxylation is 1. The number of benzene rings is 3. The van der Waals surface area contributed by atoms with Crippen LogP contribution in [0.4, 0.5) is 0 Å². The van der Waals surface area contributed by atoms with Crippen molar-refractivity contribution >= 4 is 16.6 Å². The Kier molecular flexibility index (Phi) is 11.5. The van der Waals surface area contributed by atoms with E-state index in [-0.39, 0.29) is 15.5 Å². The molecule has 0 saturated heterocycles. The molecule has 0 aliphatic carbocycles. The van der Waals surface area contributed by atoms with Crippen molar-refractivity contribution in [1.82, 2.24) is 0 Å². The lowest BCUT2D eigenvalue weighted by molar-refractivity contribution is 0.0626. The van der Waals surface area contributed by atoms with Gasteiger partial charge in [0.15, 0.2) is 16.6 Å². The van der Waals surface area contributed by atoms with Crippen LogP contribution in [0.1, 0.15) is 96.2 Å². The molecule has 1 N–H and O–H groups in total. The lowest BCUT2D eigenvalue weighted by Gasteiger charge is -2.37. The zero-order chi connectivity index (χ0) is 34.0. The number of aliphatic hydroxyl groups is 1. The van der Waals surface area contributed by atoms with Gasteiger partial charge >= 0.3 is 0 Å². The van der Waals surface area contributed by atoms with Gasteiger partial charge in [0.25, 0.3) is 0 Å². The van der Waals surface area contributed by atoms with Crippen LogP contribution < -0.4 is 4.74 Å². The molecule has 1 unspecified atom stereocenters. The number of rotatable bonds is 11. The van der Waals surface area contributed by atoms with E-state index in [1.54, 1.807) is 0 Å². The summed E-state index contributed by atoms with van der Waals surface area (Å²) in [5.41, 5.74) is 7.60. The summed E-state index contributed by atoms with van der Waals surface area (Å²) < 4.78 is 19.7. The van der Waals surface area contributed by atoms with Crippen molar-refractivity contribution in [3.8, 4) is 16.9 Å². The van der Waals surface area contributed by atoms with Gasteiger partial charge in [0, 0.05) is 0 Å². The molecule has 248 valence electrons. The highest BCUT2D eigenvalue weighted by molar-refractivity contribution is 6.74. The maximum absolute atomic E-state index is 10.8. The van der Waals surface area contributed by atoms with Crippen LogP contribution in [0.2, 0.25) is 36.3 Å². The monoisotopic (exact) mass is 648 g/mol. The first-order chi connectivity index (χ1) is 20.5. The number of ether oxygens (including phenoxy) is 1. The average molecular weight is 649 g/mol. The molecule has 3 aromatic carbocycles. The topological polar surface area (TPSA) is 47.9 Å². The summed E-state index contributed by atoms with van der Waals surface area (Å²) in [6.07, 6.45) is -0.512. The first-order valence-corrected chi connectivity index (χ1v) is 22.2. The highest BCUT2D eigenvalue weighted by Gasteiger charge is 2.38. The lowest BCUT2D eigenvalue weighted by atomic mass is 9.83. The largest absolute Gasteiger partial charge is 0.489 e. The van der Waals surface area contributed by atoms with E-state index in [0.717, 1.165) is 33.6 Å². The summed E-state index contributed by atoms with van der Waals surface area (Å²) in [4.78, 5) is 0. The van der Waals surface area contributed by atoms with Crippen molar-refractivity contribution in [3.05, 3.63) is 88.5 Å². The fourth-order valence-corrected chi connectivity index (χ4v) is 6.49. The molecule has 0 radical (unpaired) electrons. The molecule has 0 bridgehead atoms. The lowest BCUT2D eigenvalue weighted by Crippen LogP contribution is -2.41. The second-order valence-corrected chi connectivity index (χ2v) is 26.5. The van der Waals surface area contributed by atoms with Gasteiger partial charge in [-0.3, -0.25) is 0 Å². The quantitative estimate of drug-likeness (QED) is 0.210. The fraction of sp³-hybridized carbons (Fsp3) is 0.538. The molecular weight excluding hydrogens is 589 g/mol. The molecule has 6 heteroatoms. The van der Waals surface area contributed by atoms with E-state index in [1.165, 1.54) is 11.1 Å². The Labute approximate surface area is 276 Å². The minimum Gasteiger partial charge on any atom is -0.489 e. The van der Waals surface area contributed by atoms with Gasteiger partial charge in [0.05, 0.1) is 19.3 Å².